The number of ether oxygens (including phenoxy) is 1. The van der Waals surface area contributed by atoms with Gasteiger partial charge in [0.15, 0.2) is 9.52 Å². The van der Waals surface area contributed by atoms with Crippen LogP contribution in [0.2, 0.25) is 5.54 Å². The molecular formula is C33H33FN4O3Si. The first-order chi connectivity index (χ1) is 20.4. The number of hydrogen-bond donors (Lipinski definition) is 0. The first kappa shape index (κ1) is 26.9. The van der Waals surface area contributed by atoms with Crippen LogP contribution in [0, 0.1) is 5.82 Å². The molecule has 7 rings (SSSR count). The third-order valence-electron chi connectivity index (χ3n) is 8.99. The van der Waals surface area contributed by atoms with Gasteiger partial charge in [-0.25, -0.2) is 9.37 Å². The monoisotopic (exact) mass is 580 g/mol. The molecule has 0 bridgehead atoms. The molecule has 2 aromatic carbocycles. The Balaban J connectivity index is 1.17. The maximum absolute atomic E-state index is 15.6. The number of methoxy groups -OCH3 is 1. The summed E-state index contributed by atoms with van der Waals surface area (Å²) < 4.78 is 22.3. The average molecular weight is 581 g/mol. The number of imidazole rings is 1. The average Bonchev–Trinajstić information content (AvgIpc) is 3.59. The lowest BCUT2D eigenvalue weighted by Gasteiger charge is -2.35. The van der Waals surface area contributed by atoms with Gasteiger partial charge >= 0.3 is 0 Å². The number of amides is 1. The molecule has 1 aliphatic carbocycles. The number of halogens is 1. The Bertz CT molecular complexity index is 1700. The van der Waals surface area contributed by atoms with Gasteiger partial charge in [0.25, 0.3) is 11.5 Å². The summed E-state index contributed by atoms with van der Waals surface area (Å²) in [7, 11) is 1.52. The fraction of sp³-hybridized carbons (Fsp3) is 0.364. The van der Waals surface area contributed by atoms with E-state index in [0.717, 1.165) is 49.1 Å². The number of hydrogen-bond acceptors (Lipinski definition) is 5. The van der Waals surface area contributed by atoms with E-state index >= 15 is 4.39 Å². The highest BCUT2D eigenvalue weighted by atomic mass is 28.2. The van der Waals surface area contributed by atoms with E-state index in [1.165, 1.54) is 18.2 Å². The fourth-order valence-electron chi connectivity index (χ4n) is 6.53. The number of aromatic nitrogens is 2. The summed E-state index contributed by atoms with van der Waals surface area (Å²) in [5, 5.41) is 0. The van der Waals surface area contributed by atoms with Gasteiger partial charge in [-0.3, -0.25) is 9.59 Å². The van der Waals surface area contributed by atoms with Gasteiger partial charge in [0.1, 0.15) is 11.5 Å². The Morgan fingerprint density at radius 2 is 1.86 bits per heavy atom. The van der Waals surface area contributed by atoms with Crippen LogP contribution >= 0.6 is 0 Å². The molecule has 7 nitrogen and oxygen atoms in total. The highest BCUT2D eigenvalue weighted by Gasteiger charge is 2.32. The number of fused-ring (bicyclic) bond motifs is 2. The van der Waals surface area contributed by atoms with Crippen LogP contribution in [0.1, 0.15) is 65.2 Å². The van der Waals surface area contributed by atoms with Gasteiger partial charge in [-0.1, -0.05) is 24.3 Å². The Hall–Kier alpha value is -3.98. The van der Waals surface area contributed by atoms with Gasteiger partial charge in [-0.15, -0.1) is 0 Å². The maximum atomic E-state index is 15.6. The van der Waals surface area contributed by atoms with Crippen molar-refractivity contribution in [1.82, 2.24) is 14.3 Å². The van der Waals surface area contributed by atoms with Crippen LogP contribution in [-0.4, -0.2) is 62.0 Å². The molecule has 4 heterocycles. The van der Waals surface area contributed by atoms with Crippen molar-refractivity contribution in [3.8, 4) is 11.3 Å². The normalized spacial score (nSPS) is 20.2. The summed E-state index contributed by atoms with van der Waals surface area (Å²) in [4.78, 5) is 34.5. The van der Waals surface area contributed by atoms with Crippen molar-refractivity contribution >= 4 is 32.4 Å². The molecule has 0 spiro atoms. The van der Waals surface area contributed by atoms with Crippen LogP contribution in [0.25, 0.3) is 16.9 Å². The molecule has 0 N–H and O–H groups in total. The van der Waals surface area contributed by atoms with Crippen molar-refractivity contribution in [2.24, 2.45) is 0 Å². The fourth-order valence-corrected chi connectivity index (χ4v) is 7.56. The topological polar surface area (TPSA) is 67.2 Å². The number of nitrogens with zero attached hydrogens (tertiary/aromatic N) is 4. The van der Waals surface area contributed by atoms with Crippen LogP contribution < -0.4 is 4.90 Å². The zero-order valence-corrected chi connectivity index (χ0v) is 24.8. The number of rotatable bonds is 6. The van der Waals surface area contributed by atoms with Crippen molar-refractivity contribution in [2.75, 3.05) is 31.6 Å². The molecule has 42 heavy (non-hydrogen) atoms. The predicted octanol–water partition coefficient (Wildman–Crippen LogP) is 6.25. The Morgan fingerprint density at radius 1 is 1.02 bits per heavy atom. The van der Waals surface area contributed by atoms with Crippen LogP contribution in [-0.2, 0) is 11.2 Å². The first-order valence-electron chi connectivity index (χ1n) is 14.7. The molecule has 2 fully saturated rings. The van der Waals surface area contributed by atoms with Gasteiger partial charge in [0.05, 0.1) is 24.4 Å². The highest BCUT2D eigenvalue weighted by Crippen LogP contribution is 2.43. The maximum Gasteiger partial charge on any atom is 0.267 e. The van der Waals surface area contributed by atoms with Gasteiger partial charge in [-0.2, -0.15) is 0 Å². The zero-order valence-electron chi connectivity index (χ0n) is 23.8. The Labute approximate surface area is 247 Å². The van der Waals surface area contributed by atoms with Crippen LogP contribution in [0.5, 0.6) is 0 Å². The Kier molecular flexibility index (Phi) is 6.84. The van der Waals surface area contributed by atoms with Gasteiger partial charge in [0, 0.05) is 43.3 Å². The standard InChI is InChI=1S/C33H33FN4O3Si/c1-20-26-6-4-3-5-21(26)11-14-38(20)32(39)23-15-28(22-7-8-22)31-35-30(19-37(31)17-23)27-10-9-24(16-29(27)34)36-13-12-25(18-36)42-33(40)41-2/h3-6,9-10,15-17,19-20,22,25H,7-8,11-14,18H2,1-2H3/t20-,25-/m1/s1. The van der Waals surface area contributed by atoms with Crippen LogP contribution in [0.3, 0.4) is 0 Å². The summed E-state index contributed by atoms with van der Waals surface area (Å²) in [6, 6.07) is 15.7. The van der Waals surface area contributed by atoms with E-state index in [4.69, 9.17) is 9.72 Å². The molecule has 1 saturated carbocycles. The molecule has 214 valence electrons. The number of pyridine rings is 1. The van der Waals surface area contributed by atoms with Crippen molar-refractivity contribution in [3.05, 3.63) is 89.0 Å². The summed E-state index contributed by atoms with van der Waals surface area (Å²) in [5.41, 5.74) is 6.86. The summed E-state index contributed by atoms with van der Waals surface area (Å²) in [6.45, 7) is 4.27. The molecule has 2 radical (unpaired) electrons. The summed E-state index contributed by atoms with van der Waals surface area (Å²) in [6.07, 6.45) is 7.56. The van der Waals surface area contributed by atoms with E-state index in [0.29, 0.717) is 35.8 Å². The van der Waals surface area contributed by atoms with Crippen molar-refractivity contribution in [2.45, 2.75) is 50.1 Å². The minimum Gasteiger partial charge on any atom is -0.474 e. The molecule has 2 aromatic heterocycles. The third-order valence-corrected chi connectivity index (χ3v) is 10.3. The molecular weight excluding hydrogens is 547 g/mol. The molecule has 2 atom stereocenters. The lowest BCUT2D eigenvalue weighted by molar-refractivity contribution is 0.0677. The van der Waals surface area contributed by atoms with Crippen LogP contribution in [0.15, 0.2) is 60.9 Å². The second-order valence-corrected chi connectivity index (χ2v) is 13.2. The second-order valence-electron chi connectivity index (χ2n) is 11.7. The van der Waals surface area contributed by atoms with E-state index in [1.54, 1.807) is 12.1 Å². The second kappa shape index (κ2) is 10.7. The first-order valence-corrected chi connectivity index (χ1v) is 15.8. The molecule has 1 amide bonds. The van der Waals surface area contributed by atoms with Gasteiger partial charge in [-0.05, 0) is 85.0 Å². The predicted molar refractivity (Wildman–Crippen MR) is 161 cm³/mol. The van der Waals surface area contributed by atoms with Crippen LogP contribution in [0.4, 0.5) is 14.9 Å². The van der Waals surface area contributed by atoms with Gasteiger partial charge in [0.2, 0.25) is 0 Å². The minimum absolute atomic E-state index is 0.000280. The minimum atomic E-state index is -0.333. The number of carbonyl (C=O) groups is 2. The lowest BCUT2D eigenvalue weighted by atomic mass is 9.93. The van der Waals surface area contributed by atoms with Crippen molar-refractivity contribution in [3.63, 3.8) is 0 Å². The van der Waals surface area contributed by atoms with Crippen molar-refractivity contribution < 1.29 is 18.7 Å². The summed E-state index contributed by atoms with van der Waals surface area (Å²) >= 11 is 0. The van der Waals surface area contributed by atoms with Crippen molar-refractivity contribution in [1.29, 1.82) is 0 Å². The summed E-state index contributed by atoms with van der Waals surface area (Å²) in [5.74, 6) is 0.0548. The molecule has 3 aliphatic rings. The molecule has 2 aliphatic heterocycles. The molecule has 0 unspecified atom stereocenters. The molecule has 4 aromatic rings. The van der Waals surface area contributed by atoms with E-state index in [9.17, 15) is 9.59 Å². The highest BCUT2D eigenvalue weighted by molar-refractivity contribution is 6.73. The van der Waals surface area contributed by atoms with E-state index < -0.39 is 0 Å². The van der Waals surface area contributed by atoms with E-state index in [2.05, 4.69) is 30.0 Å². The van der Waals surface area contributed by atoms with Gasteiger partial charge < -0.3 is 18.9 Å². The zero-order chi connectivity index (χ0) is 29.0. The quantitative estimate of drug-likeness (QED) is 0.253. The third kappa shape index (κ3) is 4.89. The molecule has 9 heteroatoms. The number of anilines is 1. The number of benzene rings is 2. The number of carbonyl (C=O) groups excluding carboxylic acids is 2. The van der Waals surface area contributed by atoms with E-state index in [1.807, 2.05) is 39.9 Å². The smallest absolute Gasteiger partial charge is 0.267 e. The lowest BCUT2D eigenvalue weighted by Crippen LogP contribution is -2.39. The molecule has 1 saturated heterocycles. The van der Waals surface area contributed by atoms with E-state index in [-0.39, 0.29) is 38.4 Å². The SMILES string of the molecule is COC(=O)[Si][C@@H]1CCN(c2ccc(-c3cn4cc(C(=O)N5CCc6ccccc6[C@H]5C)cc(C5CC5)c4n3)c(F)c2)C1. The Morgan fingerprint density at radius 3 is 2.64 bits per heavy atom. The largest absolute Gasteiger partial charge is 0.474 e.